The van der Waals surface area contributed by atoms with E-state index in [9.17, 15) is 4.79 Å². The predicted octanol–water partition coefficient (Wildman–Crippen LogP) is 4.62. The van der Waals surface area contributed by atoms with Crippen molar-refractivity contribution >= 4 is 25.4 Å². The number of hydrogen-bond donors (Lipinski definition) is 0. The summed E-state index contributed by atoms with van der Waals surface area (Å²) in [5, 5.41) is 0.822. The van der Waals surface area contributed by atoms with E-state index >= 15 is 0 Å². The number of esters is 1. The van der Waals surface area contributed by atoms with Gasteiger partial charge in [0.2, 0.25) is 0 Å². The van der Waals surface area contributed by atoms with Crippen LogP contribution in [0, 0.1) is 6.92 Å². The summed E-state index contributed by atoms with van der Waals surface area (Å²) in [5.74, 6) is 0.533. The van der Waals surface area contributed by atoms with Crippen molar-refractivity contribution < 1.29 is 14.3 Å². The summed E-state index contributed by atoms with van der Waals surface area (Å²) in [4.78, 5) is 17.3. The minimum absolute atomic E-state index is 0.266. The number of methoxy groups -OCH3 is 1. The van der Waals surface area contributed by atoms with Gasteiger partial charge in [0.1, 0.15) is 15.6 Å². The van der Waals surface area contributed by atoms with E-state index in [2.05, 4.69) is 24.6 Å². The Morgan fingerprint density at radius 2 is 1.87 bits per heavy atom. The number of aromatic nitrogens is 1. The molecule has 0 unspecified atom stereocenters. The summed E-state index contributed by atoms with van der Waals surface area (Å²) in [6, 6.07) is 8.63. The second-order valence-electron chi connectivity index (χ2n) is 6.61. The molecular weight excluding hydrogens is 326 g/mol. The number of rotatable bonds is 6. The summed E-state index contributed by atoms with van der Waals surface area (Å²) >= 11 is 1.38. The zero-order valence-electron chi connectivity index (χ0n) is 14.3. The number of carbonyl (C=O) groups excluding carboxylic acids is 1. The molecule has 1 aromatic heterocycles. The van der Waals surface area contributed by atoms with Gasteiger partial charge in [-0.3, -0.25) is 0 Å². The number of aryl methyl sites for hydroxylation is 1. The average molecular weight is 350 g/mol. The van der Waals surface area contributed by atoms with Gasteiger partial charge >= 0.3 is 5.97 Å². The number of benzene rings is 1. The van der Waals surface area contributed by atoms with Crippen LogP contribution in [0.5, 0.6) is 5.75 Å². The van der Waals surface area contributed by atoms with Crippen LogP contribution in [0.15, 0.2) is 24.3 Å². The van der Waals surface area contributed by atoms with Crippen LogP contribution in [0.4, 0.5) is 0 Å². The van der Waals surface area contributed by atoms with Crippen LogP contribution < -0.4 is 4.74 Å². The predicted molar refractivity (Wildman–Crippen MR) is 97.3 cm³/mol. The Labute approximate surface area is 142 Å². The van der Waals surface area contributed by atoms with E-state index in [0.29, 0.717) is 11.5 Å². The van der Waals surface area contributed by atoms with Crippen molar-refractivity contribution in [2.75, 3.05) is 13.7 Å². The molecule has 0 aliphatic heterocycles. The van der Waals surface area contributed by atoms with Gasteiger partial charge in [0.25, 0.3) is 0 Å². The fourth-order valence-corrected chi connectivity index (χ4v) is 3.64. The van der Waals surface area contributed by atoms with Crippen LogP contribution in [-0.2, 0) is 4.74 Å². The molecule has 4 nitrogen and oxygen atoms in total. The first-order chi connectivity index (χ1) is 10.8. The molecular formula is C17H23NO3SSi. The molecule has 0 saturated carbocycles. The highest BCUT2D eigenvalue weighted by Crippen LogP contribution is 2.29. The average Bonchev–Trinajstić information content (AvgIpc) is 2.88. The van der Waals surface area contributed by atoms with Crippen molar-refractivity contribution in [2.45, 2.75) is 32.6 Å². The van der Waals surface area contributed by atoms with E-state index in [1.807, 2.05) is 31.2 Å². The largest absolute Gasteiger partial charge is 0.497 e. The van der Waals surface area contributed by atoms with Crippen LogP contribution in [0.3, 0.4) is 0 Å². The quantitative estimate of drug-likeness (QED) is 0.564. The molecule has 0 aliphatic rings. The first-order valence-electron chi connectivity index (χ1n) is 7.59. The Bertz CT molecular complexity index is 674. The smallest absolute Gasteiger partial charge is 0.350 e. The molecule has 0 spiro atoms. The molecule has 0 aliphatic carbocycles. The lowest BCUT2D eigenvalue weighted by Gasteiger charge is -2.14. The Balaban J connectivity index is 2.09. The van der Waals surface area contributed by atoms with Gasteiger partial charge in [-0.15, -0.1) is 11.3 Å². The number of ether oxygens (including phenoxy) is 2. The molecule has 0 N–H and O–H groups in total. The topological polar surface area (TPSA) is 48.4 Å². The van der Waals surface area contributed by atoms with Crippen LogP contribution in [-0.4, -0.2) is 32.7 Å². The van der Waals surface area contributed by atoms with Crippen LogP contribution >= 0.6 is 11.3 Å². The fraction of sp³-hybridized carbons (Fsp3) is 0.412. The molecule has 0 saturated heterocycles. The normalized spacial score (nSPS) is 11.3. The third-order valence-corrected chi connectivity index (χ3v) is 6.29. The SMILES string of the molecule is COc1ccc(-c2nc(C)c(C(=O)OCC[Si](C)(C)C)s2)cc1. The van der Waals surface area contributed by atoms with Gasteiger partial charge in [-0.2, -0.15) is 0 Å². The Hall–Kier alpha value is -1.66. The van der Waals surface area contributed by atoms with Gasteiger partial charge in [0.05, 0.1) is 19.4 Å². The maximum atomic E-state index is 12.2. The van der Waals surface area contributed by atoms with E-state index in [0.717, 1.165) is 28.1 Å². The van der Waals surface area contributed by atoms with Crippen LogP contribution in [0.25, 0.3) is 10.6 Å². The lowest BCUT2D eigenvalue weighted by molar-refractivity contribution is 0.0530. The summed E-state index contributed by atoms with van der Waals surface area (Å²) in [6.45, 7) is 9.13. The zero-order valence-corrected chi connectivity index (χ0v) is 16.1. The minimum Gasteiger partial charge on any atom is -0.497 e. The summed E-state index contributed by atoms with van der Waals surface area (Å²) < 4.78 is 10.6. The fourth-order valence-electron chi connectivity index (χ4n) is 1.96. The van der Waals surface area contributed by atoms with Crippen molar-refractivity contribution in [1.29, 1.82) is 0 Å². The van der Waals surface area contributed by atoms with E-state index in [4.69, 9.17) is 9.47 Å². The highest BCUT2D eigenvalue weighted by Gasteiger charge is 2.19. The van der Waals surface area contributed by atoms with E-state index < -0.39 is 8.07 Å². The third kappa shape index (κ3) is 4.91. The maximum Gasteiger partial charge on any atom is 0.350 e. The lowest BCUT2D eigenvalue weighted by Crippen LogP contribution is -2.22. The van der Waals surface area contributed by atoms with Gasteiger partial charge in [-0.1, -0.05) is 19.6 Å². The zero-order chi connectivity index (χ0) is 17.0. The van der Waals surface area contributed by atoms with Crippen LogP contribution in [0.1, 0.15) is 15.4 Å². The molecule has 2 aromatic rings. The Morgan fingerprint density at radius 1 is 1.22 bits per heavy atom. The van der Waals surface area contributed by atoms with Crippen molar-refractivity contribution in [3.63, 3.8) is 0 Å². The highest BCUT2D eigenvalue weighted by atomic mass is 32.1. The van der Waals surface area contributed by atoms with Crippen molar-refractivity contribution in [1.82, 2.24) is 4.98 Å². The van der Waals surface area contributed by atoms with E-state index in [1.165, 1.54) is 11.3 Å². The molecule has 1 heterocycles. The van der Waals surface area contributed by atoms with Gasteiger partial charge in [-0.05, 0) is 37.2 Å². The molecule has 0 fully saturated rings. The van der Waals surface area contributed by atoms with Gasteiger partial charge in [0, 0.05) is 13.6 Å². The van der Waals surface area contributed by atoms with Gasteiger partial charge in [-0.25, -0.2) is 9.78 Å². The molecule has 0 bridgehead atoms. The molecule has 124 valence electrons. The van der Waals surface area contributed by atoms with Crippen molar-refractivity contribution in [3.05, 3.63) is 34.8 Å². The lowest BCUT2D eigenvalue weighted by atomic mass is 10.2. The molecule has 6 heteroatoms. The number of thiazole rings is 1. The third-order valence-electron chi connectivity index (χ3n) is 3.40. The second-order valence-corrected chi connectivity index (χ2v) is 13.2. The van der Waals surface area contributed by atoms with Crippen molar-refractivity contribution in [2.24, 2.45) is 0 Å². The van der Waals surface area contributed by atoms with Crippen molar-refractivity contribution in [3.8, 4) is 16.3 Å². The number of carbonyl (C=O) groups is 1. The Kier molecular flexibility index (Phi) is 5.59. The summed E-state index contributed by atoms with van der Waals surface area (Å²) in [6.07, 6.45) is 0. The molecule has 0 radical (unpaired) electrons. The monoisotopic (exact) mass is 349 g/mol. The molecule has 23 heavy (non-hydrogen) atoms. The standard InChI is InChI=1S/C17H23NO3SSi/c1-12-15(17(19)21-10-11-23(3,4)5)22-16(18-12)13-6-8-14(20-2)9-7-13/h6-9H,10-11H2,1-5H3. The second kappa shape index (κ2) is 7.27. The molecule has 0 atom stereocenters. The molecule has 0 amide bonds. The summed E-state index contributed by atoms with van der Waals surface area (Å²) in [5.41, 5.74) is 1.69. The minimum atomic E-state index is -1.20. The first kappa shape index (κ1) is 17.7. The van der Waals surface area contributed by atoms with Crippen LogP contribution in [0.2, 0.25) is 25.7 Å². The first-order valence-corrected chi connectivity index (χ1v) is 12.1. The molecule has 2 rings (SSSR count). The van der Waals surface area contributed by atoms with Gasteiger partial charge in [0.15, 0.2) is 0 Å². The van der Waals surface area contributed by atoms with E-state index in [-0.39, 0.29) is 5.97 Å². The number of nitrogens with zero attached hydrogens (tertiary/aromatic N) is 1. The molecule has 1 aromatic carbocycles. The highest BCUT2D eigenvalue weighted by molar-refractivity contribution is 7.17. The van der Waals surface area contributed by atoms with Gasteiger partial charge < -0.3 is 9.47 Å². The van der Waals surface area contributed by atoms with E-state index in [1.54, 1.807) is 7.11 Å². The Morgan fingerprint density at radius 3 is 2.43 bits per heavy atom. The maximum absolute atomic E-state index is 12.2. The summed E-state index contributed by atoms with van der Waals surface area (Å²) in [7, 11) is 0.440. The number of hydrogen-bond acceptors (Lipinski definition) is 5.